The van der Waals surface area contributed by atoms with Gasteiger partial charge in [-0.05, 0) is 24.6 Å². The molecule has 5 heteroatoms. The highest BCUT2D eigenvalue weighted by Crippen LogP contribution is 2.23. The fourth-order valence-electron chi connectivity index (χ4n) is 1.98. The third-order valence-corrected chi connectivity index (χ3v) is 2.83. The van der Waals surface area contributed by atoms with Crippen LogP contribution in [0.3, 0.4) is 0 Å². The Bertz CT molecular complexity index is 625. The number of anilines is 2. The van der Waals surface area contributed by atoms with Crippen molar-refractivity contribution in [2.45, 2.75) is 13.5 Å². The topological polar surface area (TPSA) is 62.9 Å². The molecule has 0 aliphatic carbocycles. The second-order valence-electron chi connectivity index (χ2n) is 4.30. The second kappa shape index (κ2) is 5.55. The largest absolute Gasteiger partial charge is 0.380 e. The minimum Gasteiger partial charge on any atom is -0.380 e. The van der Waals surface area contributed by atoms with Crippen molar-refractivity contribution in [2.24, 2.45) is 7.05 Å². The Hall–Kier alpha value is -2.32. The van der Waals surface area contributed by atoms with Crippen LogP contribution in [-0.2, 0) is 18.4 Å². The van der Waals surface area contributed by atoms with Crippen LogP contribution in [0.4, 0.5) is 11.5 Å². The number of hydrogen-bond donors (Lipinski definition) is 1. The van der Waals surface area contributed by atoms with Gasteiger partial charge in [0.1, 0.15) is 17.5 Å². The molecule has 1 heterocycles. The lowest BCUT2D eigenvalue weighted by molar-refractivity contribution is 0.185. The standard InChI is InChI=1S/C14H16N4O/c1-10-13(8-15)14(18(2)17-10)16-12-6-4-5-11(7-12)9-19-3/h4-7,16H,9H2,1-3H3. The van der Waals surface area contributed by atoms with Crippen LogP contribution in [0.25, 0.3) is 0 Å². The first-order chi connectivity index (χ1) is 9.15. The molecule has 0 saturated carbocycles. The van der Waals surface area contributed by atoms with E-state index in [0.717, 1.165) is 16.9 Å². The Morgan fingerprint density at radius 1 is 1.47 bits per heavy atom. The number of nitriles is 1. The molecule has 0 fully saturated rings. The third kappa shape index (κ3) is 2.75. The summed E-state index contributed by atoms with van der Waals surface area (Å²) in [5.74, 6) is 0.703. The van der Waals surface area contributed by atoms with E-state index in [1.54, 1.807) is 11.8 Å². The average Bonchev–Trinajstić information content (AvgIpc) is 2.65. The van der Waals surface area contributed by atoms with E-state index >= 15 is 0 Å². The van der Waals surface area contributed by atoms with Crippen molar-refractivity contribution in [2.75, 3.05) is 12.4 Å². The van der Waals surface area contributed by atoms with Crippen LogP contribution in [0.15, 0.2) is 24.3 Å². The molecule has 0 saturated heterocycles. The fraction of sp³-hybridized carbons (Fsp3) is 0.286. The minimum absolute atomic E-state index is 0.561. The summed E-state index contributed by atoms with van der Waals surface area (Å²) in [6.45, 7) is 2.39. The van der Waals surface area contributed by atoms with E-state index in [1.807, 2.05) is 38.2 Å². The molecular formula is C14H16N4O. The van der Waals surface area contributed by atoms with Gasteiger partial charge in [-0.2, -0.15) is 10.4 Å². The van der Waals surface area contributed by atoms with Crippen LogP contribution in [0.1, 0.15) is 16.8 Å². The van der Waals surface area contributed by atoms with Crippen molar-refractivity contribution in [3.63, 3.8) is 0 Å². The molecule has 19 heavy (non-hydrogen) atoms. The summed E-state index contributed by atoms with van der Waals surface area (Å²) >= 11 is 0. The number of aryl methyl sites for hydroxylation is 2. The van der Waals surface area contributed by atoms with E-state index in [0.29, 0.717) is 18.0 Å². The highest BCUT2D eigenvalue weighted by atomic mass is 16.5. The third-order valence-electron chi connectivity index (χ3n) is 2.83. The van der Waals surface area contributed by atoms with E-state index in [2.05, 4.69) is 16.5 Å². The molecule has 1 aromatic heterocycles. The summed E-state index contributed by atoms with van der Waals surface area (Å²) in [5.41, 5.74) is 3.28. The lowest BCUT2D eigenvalue weighted by Crippen LogP contribution is -2.01. The molecule has 0 bridgehead atoms. The van der Waals surface area contributed by atoms with Crippen LogP contribution >= 0.6 is 0 Å². The lowest BCUT2D eigenvalue weighted by Gasteiger charge is -2.08. The normalized spacial score (nSPS) is 10.2. The molecule has 0 aliphatic heterocycles. The summed E-state index contributed by atoms with van der Waals surface area (Å²) in [4.78, 5) is 0. The molecule has 98 valence electrons. The Kier molecular flexibility index (Phi) is 3.83. The molecular weight excluding hydrogens is 240 g/mol. The average molecular weight is 256 g/mol. The Morgan fingerprint density at radius 2 is 2.26 bits per heavy atom. The maximum absolute atomic E-state index is 9.17. The van der Waals surface area contributed by atoms with Crippen molar-refractivity contribution in [1.29, 1.82) is 5.26 Å². The maximum atomic E-state index is 9.17. The van der Waals surface area contributed by atoms with Gasteiger partial charge in [0, 0.05) is 19.8 Å². The molecule has 1 N–H and O–H groups in total. The molecule has 2 rings (SSSR count). The monoisotopic (exact) mass is 256 g/mol. The van der Waals surface area contributed by atoms with Crippen LogP contribution in [0.2, 0.25) is 0 Å². The number of methoxy groups -OCH3 is 1. The molecule has 1 aromatic carbocycles. The molecule has 0 unspecified atom stereocenters. The summed E-state index contributed by atoms with van der Waals surface area (Å²) < 4.78 is 6.79. The van der Waals surface area contributed by atoms with Gasteiger partial charge in [0.15, 0.2) is 0 Å². The fourth-order valence-corrected chi connectivity index (χ4v) is 1.98. The summed E-state index contributed by atoms with van der Waals surface area (Å²) in [6, 6.07) is 10.1. The summed E-state index contributed by atoms with van der Waals surface area (Å²) in [6.07, 6.45) is 0. The van der Waals surface area contributed by atoms with Crippen LogP contribution in [-0.4, -0.2) is 16.9 Å². The van der Waals surface area contributed by atoms with Gasteiger partial charge in [-0.15, -0.1) is 0 Å². The van der Waals surface area contributed by atoms with Gasteiger partial charge in [0.05, 0.1) is 12.3 Å². The first-order valence-corrected chi connectivity index (χ1v) is 5.94. The zero-order chi connectivity index (χ0) is 13.8. The maximum Gasteiger partial charge on any atom is 0.146 e. The second-order valence-corrected chi connectivity index (χ2v) is 4.30. The Balaban J connectivity index is 2.31. The van der Waals surface area contributed by atoms with Gasteiger partial charge in [0.2, 0.25) is 0 Å². The van der Waals surface area contributed by atoms with Crippen molar-refractivity contribution >= 4 is 11.5 Å². The van der Waals surface area contributed by atoms with E-state index in [-0.39, 0.29) is 0 Å². The van der Waals surface area contributed by atoms with E-state index in [1.165, 1.54) is 0 Å². The zero-order valence-electron chi connectivity index (χ0n) is 11.3. The van der Waals surface area contributed by atoms with Crippen LogP contribution < -0.4 is 5.32 Å². The van der Waals surface area contributed by atoms with Crippen molar-refractivity contribution in [3.8, 4) is 6.07 Å². The first-order valence-electron chi connectivity index (χ1n) is 5.94. The van der Waals surface area contributed by atoms with Gasteiger partial charge < -0.3 is 10.1 Å². The first kappa shape index (κ1) is 13.1. The number of ether oxygens (including phenoxy) is 1. The quantitative estimate of drug-likeness (QED) is 0.912. The number of nitrogens with one attached hydrogen (secondary N) is 1. The van der Waals surface area contributed by atoms with E-state index in [9.17, 15) is 0 Å². The number of aromatic nitrogens is 2. The SMILES string of the molecule is COCc1cccc(Nc2c(C#N)c(C)nn2C)c1. The Labute approximate surface area is 112 Å². The number of nitrogens with zero attached hydrogens (tertiary/aromatic N) is 3. The van der Waals surface area contributed by atoms with Crippen molar-refractivity contribution < 1.29 is 4.74 Å². The van der Waals surface area contributed by atoms with Gasteiger partial charge >= 0.3 is 0 Å². The van der Waals surface area contributed by atoms with Crippen molar-refractivity contribution in [1.82, 2.24) is 9.78 Å². The molecule has 5 nitrogen and oxygen atoms in total. The van der Waals surface area contributed by atoms with Crippen LogP contribution in [0.5, 0.6) is 0 Å². The number of rotatable bonds is 4. The summed E-state index contributed by atoms with van der Waals surface area (Å²) in [5, 5.41) is 16.6. The zero-order valence-corrected chi connectivity index (χ0v) is 11.3. The predicted octanol–water partition coefficient (Wildman–Crippen LogP) is 2.49. The lowest BCUT2D eigenvalue weighted by atomic mass is 10.2. The molecule has 0 atom stereocenters. The molecule has 0 radical (unpaired) electrons. The molecule has 0 amide bonds. The van der Waals surface area contributed by atoms with E-state index in [4.69, 9.17) is 10.00 Å². The smallest absolute Gasteiger partial charge is 0.146 e. The summed E-state index contributed by atoms with van der Waals surface area (Å²) in [7, 11) is 3.48. The van der Waals surface area contributed by atoms with Gasteiger partial charge in [-0.3, -0.25) is 4.68 Å². The van der Waals surface area contributed by atoms with Crippen LogP contribution in [0, 0.1) is 18.3 Å². The molecule has 0 aliphatic rings. The van der Waals surface area contributed by atoms with E-state index < -0.39 is 0 Å². The van der Waals surface area contributed by atoms with Gasteiger partial charge in [-0.1, -0.05) is 12.1 Å². The number of benzene rings is 1. The highest BCUT2D eigenvalue weighted by Gasteiger charge is 2.12. The molecule has 2 aromatic rings. The van der Waals surface area contributed by atoms with Crippen molar-refractivity contribution in [3.05, 3.63) is 41.1 Å². The Morgan fingerprint density at radius 3 is 2.95 bits per heavy atom. The van der Waals surface area contributed by atoms with Gasteiger partial charge in [-0.25, -0.2) is 0 Å². The minimum atomic E-state index is 0.561. The highest BCUT2D eigenvalue weighted by molar-refractivity contribution is 5.64. The molecule has 0 spiro atoms. The van der Waals surface area contributed by atoms with Gasteiger partial charge in [0.25, 0.3) is 0 Å². The predicted molar refractivity (Wildman–Crippen MR) is 73.1 cm³/mol. The number of hydrogen-bond acceptors (Lipinski definition) is 4.